The van der Waals surface area contributed by atoms with Gasteiger partial charge < -0.3 is 16.2 Å². The Morgan fingerprint density at radius 1 is 0.622 bits per heavy atom. The fraction of sp³-hybridized carbons (Fsp3) is 0.111. The van der Waals surface area contributed by atoms with Crippen LogP contribution in [0.25, 0.3) is 0 Å². The third-order valence-electron chi connectivity index (χ3n) is 4.21. The number of hydrogen-bond donors (Lipinski definition) is 6. The number of aryl methyl sites for hydroxylation is 3. The van der Waals surface area contributed by atoms with Gasteiger partial charge in [0.2, 0.25) is 0 Å². The molecule has 3 aromatic carbocycles. The van der Waals surface area contributed by atoms with Gasteiger partial charge in [-0.1, -0.05) is 36.4 Å². The lowest BCUT2D eigenvalue weighted by Gasteiger charge is -2.02. The minimum atomic E-state index is -0.315. The zero-order valence-electron chi connectivity index (χ0n) is 21.0. The normalized spacial score (nSPS) is 10.2. The number of nitrogens with zero attached hydrogens (tertiary/aromatic N) is 3. The number of halogens is 1. The van der Waals surface area contributed by atoms with E-state index in [9.17, 15) is 4.39 Å². The van der Waals surface area contributed by atoms with Crippen LogP contribution in [-0.4, -0.2) is 37.3 Å². The van der Waals surface area contributed by atoms with Crippen LogP contribution < -0.4 is 16.3 Å². The van der Waals surface area contributed by atoms with E-state index in [0.717, 1.165) is 30.0 Å². The summed E-state index contributed by atoms with van der Waals surface area (Å²) in [5.41, 5.74) is 13.3. The van der Waals surface area contributed by atoms with Crippen molar-refractivity contribution in [2.45, 2.75) is 20.8 Å². The molecule has 37 heavy (non-hydrogen) atoms. The summed E-state index contributed by atoms with van der Waals surface area (Å²) < 4.78 is 13.2. The Bertz CT molecular complexity index is 1190. The number of benzene rings is 3. The fourth-order valence-electron chi connectivity index (χ4n) is 2.73. The van der Waals surface area contributed by atoms with Crippen LogP contribution in [0.2, 0.25) is 0 Å². The van der Waals surface area contributed by atoms with E-state index in [-0.39, 0.29) is 5.82 Å². The molecule has 0 amide bonds. The number of nitrogens with one attached hydrogen (secondary N) is 6. The average molecular weight is 502 g/mol. The third-order valence-corrected chi connectivity index (χ3v) is 4.21. The largest absolute Gasteiger partial charge is 0.307 e. The quantitative estimate of drug-likeness (QED) is 0.152. The number of hydrazone groups is 3. The van der Waals surface area contributed by atoms with Crippen molar-refractivity contribution >= 4 is 54.3 Å². The monoisotopic (exact) mass is 501 g/mol. The lowest BCUT2D eigenvalue weighted by molar-refractivity contribution is 0.621. The van der Waals surface area contributed by atoms with Crippen molar-refractivity contribution in [3.63, 3.8) is 0 Å². The van der Waals surface area contributed by atoms with E-state index >= 15 is 0 Å². The van der Waals surface area contributed by atoms with E-state index in [1.54, 1.807) is 25.1 Å². The Labute approximate surface area is 216 Å². The second kappa shape index (κ2) is 18.4. The second-order valence-electron chi connectivity index (χ2n) is 7.35. The number of hydrogen-bond acceptors (Lipinski definition) is 9. The molecule has 0 fully saturated rings. The van der Waals surface area contributed by atoms with E-state index in [0.29, 0.717) is 11.3 Å². The van der Waals surface area contributed by atoms with Gasteiger partial charge in [-0.15, -0.1) is 0 Å². The molecule has 3 rings (SSSR count). The highest BCUT2D eigenvalue weighted by Crippen LogP contribution is 2.16. The Balaban J connectivity index is 0.000000279. The van der Waals surface area contributed by atoms with Crippen LogP contribution in [0.5, 0.6) is 0 Å². The molecule has 10 heteroatoms. The zero-order chi connectivity index (χ0) is 27.3. The molecule has 0 aromatic heterocycles. The smallest absolute Gasteiger partial charge is 0.151 e. The first kappa shape index (κ1) is 30.0. The summed E-state index contributed by atoms with van der Waals surface area (Å²) in [5, 5.41) is 31.2. The molecular formula is C27H32FN9. The first-order valence-electron chi connectivity index (χ1n) is 11.1. The molecule has 0 bridgehead atoms. The van der Waals surface area contributed by atoms with Gasteiger partial charge in [0.25, 0.3) is 0 Å². The highest BCUT2D eigenvalue weighted by Gasteiger charge is 2.01. The molecule has 0 saturated carbocycles. The molecule has 0 saturated heterocycles. The van der Waals surface area contributed by atoms with Crippen molar-refractivity contribution in [3.05, 3.63) is 89.2 Å². The number of para-hydroxylation sites is 1. The summed E-state index contributed by atoms with van der Waals surface area (Å²) in [7, 11) is 0. The third kappa shape index (κ3) is 13.5. The summed E-state index contributed by atoms with van der Waals surface area (Å²) >= 11 is 0. The number of anilines is 3. The summed E-state index contributed by atoms with van der Waals surface area (Å²) in [6.45, 7) is 5.76. The number of rotatable bonds is 9. The van der Waals surface area contributed by atoms with E-state index < -0.39 is 0 Å². The van der Waals surface area contributed by atoms with Crippen LogP contribution >= 0.6 is 0 Å². The Kier molecular flexibility index (Phi) is 14.9. The summed E-state index contributed by atoms with van der Waals surface area (Å²) in [4.78, 5) is 0. The van der Waals surface area contributed by atoms with E-state index in [2.05, 4.69) is 37.6 Å². The first-order valence-corrected chi connectivity index (χ1v) is 11.1. The van der Waals surface area contributed by atoms with Crippen molar-refractivity contribution in [1.82, 2.24) is 0 Å². The minimum absolute atomic E-state index is 0.315. The predicted octanol–water partition coefficient (Wildman–Crippen LogP) is 6.27. The maximum atomic E-state index is 13.2. The second-order valence-corrected chi connectivity index (χ2v) is 7.35. The van der Waals surface area contributed by atoms with Gasteiger partial charge in [0.15, 0.2) is 5.82 Å². The fourth-order valence-corrected chi connectivity index (χ4v) is 2.73. The van der Waals surface area contributed by atoms with Gasteiger partial charge in [-0.05, 0) is 67.8 Å². The van der Waals surface area contributed by atoms with Crippen molar-refractivity contribution in [2.75, 3.05) is 16.3 Å². The molecular weight excluding hydrogens is 469 g/mol. The molecule has 0 unspecified atom stereocenters. The molecule has 3 aromatic rings. The van der Waals surface area contributed by atoms with E-state index in [4.69, 9.17) is 16.2 Å². The molecule has 0 atom stereocenters. The maximum Gasteiger partial charge on any atom is 0.151 e. The molecule has 0 aliphatic carbocycles. The van der Waals surface area contributed by atoms with Crippen LogP contribution in [0, 0.1) is 42.8 Å². The summed E-state index contributed by atoms with van der Waals surface area (Å²) in [5.74, 6) is -0.315. The predicted molar refractivity (Wildman–Crippen MR) is 156 cm³/mol. The van der Waals surface area contributed by atoms with Gasteiger partial charge in [-0.3, -0.25) is 16.3 Å². The first-order chi connectivity index (χ1) is 17.9. The molecule has 0 aliphatic heterocycles. The lowest BCUT2D eigenvalue weighted by atomic mass is 10.1. The standard InChI is InChI=1S/C10H13N3.C9H10FN3.C8H9N3/c1-8-5-9(2)7-10(6-8)13-12-4-3-11;1-7-3-2-4-8(9(7)10)13-12-6-5-11;9-6-7-10-11-8-4-2-1-3-5-8/h3-7,11,13H,1-2H3;2-6,11,13H,1H3;1-7,9,11H/b11-3?,12-4-;11-5?,12-6-;9-6?,10-7-. The molecule has 0 aliphatic rings. The van der Waals surface area contributed by atoms with Gasteiger partial charge in [0.05, 0.1) is 35.7 Å². The van der Waals surface area contributed by atoms with Crippen LogP contribution in [0.15, 0.2) is 82.0 Å². The SMILES string of the molecule is Cc1cc(C)cc(N/N=C\C=N)c1.Cc1cccc(N/N=C\C=N)c1F.N=C/C=N\Nc1ccccc1. The molecule has 0 spiro atoms. The van der Waals surface area contributed by atoms with Crippen LogP contribution in [-0.2, 0) is 0 Å². The minimum Gasteiger partial charge on any atom is -0.307 e. The van der Waals surface area contributed by atoms with Crippen LogP contribution in [0.1, 0.15) is 16.7 Å². The molecule has 0 radical (unpaired) electrons. The van der Waals surface area contributed by atoms with Crippen LogP contribution in [0.4, 0.5) is 21.5 Å². The van der Waals surface area contributed by atoms with E-state index in [1.165, 1.54) is 29.8 Å². The van der Waals surface area contributed by atoms with Gasteiger partial charge in [-0.2, -0.15) is 15.3 Å². The average Bonchev–Trinajstić information content (AvgIpc) is 2.88. The molecule has 9 nitrogen and oxygen atoms in total. The highest BCUT2D eigenvalue weighted by atomic mass is 19.1. The lowest BCUT2D eigenvalue weighted by Crippen LogP contribution is -1.94. The van der Waals surface area contributed by atoms with Gasteiger partial charge in [0, 0.05) is 18.6 Å². The maximum absolute atomic E-state index is 13.2. The topological polar surface area (TPSA) is 145 Å². The Morgan fingerprint density at radius 2 is 1.14 bits per heavy atom. The van der Waals surface area contributed by atoms with Crippen molar-refractivity contribution in [1.29, 1.82) is 16.2 Å². The zero-order valence-corrected chi connectivity index (χ0v) is 21.0. The van der Waals surface area contributed by atoms with Gasteiger partial charge >= 0.3 is 0 Å². The Hall–Kier alpha value is -4.99. The molecule has 6 N–H and O–H groups in total. The summed E-state index contributed by atoms with van der Waals surface area (Å²) in [6, 6.07) is 20.7. The summed E-state index contributed by atoms with van der Waals surface area (Å²) in [6.07, 6.45) is 7.29. The molecule has 192 valence electrons. The Morgan fingerprint density at radius 3 is 1.68 bits per heavy atom. The van der Waals surface area contributed by atoms with E-state index in [1.807, 2.05) is 56.3 Å². The van der Waals surface area contributed by atoms with Gasteiger partial charge in [-0.25, -0.2) is 4.39 Å². The molecule has 0 heterocycles. The highest BCUT2D eigenvalue weighted by molar-refractivity contribution is 6.15. The van der Waals surface area contributed by atoms with Crippen molar-refractivity contribution in [3.8, 4) is 0 Å². The van der Waals surface area contributed by atoms with Gasteiger partial charge in [0.1, 0.15) is 0 Å². The van der Waals surface area contributed by atoms with Crippen LogP contribution in [0.3, 0.4) is 0 Å². The van der Waals surface area contributed by atoms with Crippen molar-refractivity contribution in [2.24, 2.45) is 15.3 Å². The van der Waals surface area contributed by atoms with Crippen molar-refractivity contribution < 1.29 is 4.39 Å².